The fourth-order valence-electron chi connectivity index (χ4n) is 8.65. The first-order valence-corrected chi connectivity index (χ1v) is 24.5. The van der Waals surface area contributed by atoms with E-state index in [-0.39, 0.29) is 31.7 Å². The van der Waals surface area contributed by atoms with Crippen LogP contribution in [0.3, 0.4) is 0 Å². The zero-order chi connectivity index (χ0) is 48.4. The maximum atomic E-state index is 9.54. The number of benzene rings is 6. The van der Waals surface area contributed by atoms with Gasteiger partial charge < -0.3 is 37.5 Å². The van der Waals surface area contributed by atoms with E-state index in [0.717, 1.165) is 62.8 Å². The molecule has 0 aromatic heterocycles. The van der Waals surface area contributed by atoms with Crippen LogP contribution in [0.5, 0.6) is 23.0 Å². The molecule has 358 valence electrons. The van der Waals surface area contributed by atoms with E-state index in [1.165, 1.54) is 0 Å². The van der Waals surface area contributed by atoms with Crippen molar-refractivity contribution < 1.29 is 37.5 Å². The summed E-state index contributed by atoms with van der Waals surface area (Å²) in [7, 11) is 5.08. The monoisotopic (exact) mass is 938 g/mol. The molecule has 0 bridgehead atoms. The van der Waals surface area contributed by atoms with E-state index < -0.39 is 25.8 Å². The van der Waals surface area contributed by atoms with E-state index in [9.17, 15) is 5.26 Å². The Morgan fingerprint density at radius 2 is 0.853 bits per heavy atom. The van der Waals surface area contributed by atoms with Gasteiger partial charge in [0.1, 0.15) is 34.2 Å². The zero-order valence-electron chi connectivity index (χ0n) is 40.8. The predicted octanol–water partition coefficient (Wildman–Crippen LogP) is 12.9. The normalized spacial score (nSPS) is 12.7. The summed E-state index contributed by atoms with van der Waals surface area (Å²) in [5.74, 6) is 3.01. The Hall–Kier alpha value is -5.76. The highest BCUT2D eigenvalue weighted by atomic mass is 31.2. The fraction of sp³-hybridized carbons (Fsp3) is 0.351. The predicted molar refractivity (Wildman–Crippen MR) is 270 cm³/mol. The summed E-state index contributed by atoms with van der Waals surface area (Å²) in [6, 6.07) is 55.4. The molecule has 0 fully saturated rings. The van der Waals surface area contributed by atoms with Crippen molar-refractivity contribution in [1.82, 2.24) is 4.67 Å². The van der Waals surface area contributed by atoms with Crippen molar-refractivity contribution in [1.29, 1.82) is 5.26 Å². The van der Waals surface area contributed by atoms with Crippen molar-refractivity contribution in [3.05, 3.63) is 191 Å². The topological polar surface area (TPSA) is 101 Å². The summed E-state index contributed by atoms with van der Waals surface area (Å²) in [5.41, 5.74) is 3.75. The second kappa shape index (κ2) is 25.6. The number of rotatable bonds is 27. The van der Waals surface area contributed by atoms with Gasteiger partial charge in [-0.3, -0.25) is 0 Å². The van der Waals surface area contributed by atoms with E-state index in [1.54, 1.807) is 28.4 Å². The van der Waals surface area contributed by atoms with E-state index in [0.29, 0.717) is 19.4 Å². The van der Waals surface area contributed by atoms with Crippen molar-refractivity contribution in [3.63, 3.8) is 0 Å². The first-order valence-electron chi connectivity index (χ1n) is 23.4. The van der Waals surface area contributed by atoms with Gasteiger partial charge in [-0.1, -0.05) is 109 Å². The number of hydrogen-bond acceptors (Lipinski definition) is 10. The van der Waals surface area contributed by atoms with Crippen molar-refractivity contribution in [2.24, 2.45) is 0 Å². The van der Waals surface area contributed by atoms with Crippen LogP contribution in [0.1, 0.15) is 86.8 Å². The number of nitrogens with zero attached hydrogens (tertiary/aromatic N) is 2. The van der Waals surface area contributed by atoms with Gasteiger partial charge in [0.25, 0.3) is 8.53 Å². The lowest BCUT2D eigenvalue weighted by molar-refractivity contribution is -0.0380. The van der Waals surface area contributed by atoms with E-state index >= 15 is 0 Å². The van der Waals surface area contributed by atoms with Gasteiger partial charge >= 0.3 is 0 Å². The van der Waals surface area contributed by atoms with Crippen LogP contribution in [-0.2, 0) is 29.7 Å². The van der Waals surface area contributed by atoms with Crippen molar-refractivity contribution in [2.75, 3.05) is 48.3 Å². The third-order valence-electron chi connectivity index (χ3n) is 12.0. The Morgan fingerprint density at radius 3 is 1.21 bits per heavy atom. The van der Waals surface area contributed by atoms with Crippen LogP contribution >= 0.6 is 8.53 Å². The highest BCUT2D eigenvalue weighted by Crippen LogP contribution is 2.49. The van der Waals surface area contributed by atoms with Crippen LogP contribution in [0.4, 0.5) is 0 Å². The lowest BCUT2D eigenvalue weighted by Gasteiger charge is -2.40. The average Bonchev–Trinajstić information content (AvgIpc) is 3.38. The SMILES string of the molecule is COc1ccc(C(OCCCCC(COC(c2ccccc2)(c2ccc(OC)cc2)c2ccc(OC)cc2)OP(OCCC#N)N(C(C)C)C(C)C)(c2ccccc2)c2ccc(OC)cc2)cc1. The zero-order valence-corrected chi connectivity index (χ0v) is 41.7. The quantitative estimate of drug-likeness (QED) is 0.0282. The molecule has 6 rings (SSSR count). The highest BCUT2D eigenvalue weighted by Gasteiger charge is 2.41. The molecule has 11 heteroatoms. The van der Waals surface area contributed by atoms with Gasteiger partial charge in [-0.15, -0.1) is 0 Å². The number of methoxy groups -OCH3 is 4. The van der Waals surface area contributed by atoms with E-state index in [1.807, 2.05) is 84.9 Å². The minimum atomic E-state index is -1.60. The van der Waals surface area contributed by atoms with Crippen LogP contribution in [0, 0.1) is 11.3 Å². The number of hydrogen-bond donors (Lipinski definition) is 0. The molecule has 0 saturated carbocycles. The minimum Gasteiger partial charge on any atom is -0.497 e. The van der Waals surface area contributed by atoms with Crippen molar-refractivity contribution >= 4 is 8.53 Å². The van der Waals surface area contributed by atoms with Crippen LogP contribution in [0.25, 0.3) is 0 Å². The van der Waals surface area contributed by atoms with Crippen molar-refractivity contribution in [3.8, 4) is 29.1 Å². The molecule has 0 amide bonds. The second-order valence-corrected chi connectivity index (χ2v) is 18.3. The summed E-state index contributed by atoms with van der Waals surface area (Å²) < 4.78 is 53.1. The molecule has 0 aliphatic heterocycles. The molecule has 0 N–H and O–H groups in total. The van der Waals surface area contributed by atoms with Gasteiger partial charge in [0.2, 0.25) is 0 Å². The third kappa shape index (κ3) is 12.5. The Labute approximate surface area is 405 Å². The highest BCUT2D eigenvalue weighted by molar-refractivity contribution is 7.44. The first-order chi connectivity index (χ1) is 33.1. The molecule has 0 aliphatic carbocycles. The fourth-order valence-corrected chi connectivity index (χ4v) is 10.4. The molecule has 2 atom stereocenters. The Kier molecular flexibility index (Phi) is 19.4. The van der Waals surface area contributed by atoms with E-state index in [2.05, 4.69) is 111 Å². The molecule has 10 nitrogen and oxygen atoms in total. The van der Waals surface area contributed by atoms with E-state index in [4.69, 9.17) is 37.5 Å². The van der Waals surface area contributed by atoms with Gasteiger partial charge in [0, 0.05) is 18.7 Å². The van der Waals surface area contributed by atoms with Crippen LogP contribution < -0.4 is 18.9 Å². The number of ether oxygens (including phenoxy) is 6. The summed E-state index contributed by atoms with van der Waals surface area (Å²) in [6.07, 6.45) is 1.92. The Bertz CT molecular complexity index is 2310. The van der Waals surface area contributed by atoms with Crippen molar-refractivity contribution in [2.45, 2.75) is 82.8 Å². The molecule has 0 aliphatic rings. The molecule has 0 radical (unpaired) electrons. The Morgan fingerprint density at radius 1 is 0.485 bits per heavy atom. The molecule has 2 unspecified atom stereocenters. The van der Waals surface area contributed by atoms with Gasteiger partial charge in [0.05, 0.1) is 60.2 Å². The van der Waals surface area contributed by atoms with Gasteiger partial charge in [0.15, 0.2) is 0 Å². The average molecular weight is 939 g/mol. The molecule has 0 spiro atoms. The summed E-state index contributed by atoms with van der Waals surface area (Å²) >= 11 is 0. The largest absolute Gasteiger partial charge is 0.497 e. The maximum absolute atomic E-state index is 9.54. The maximum Gasteiger partial charge on any atom is 0.259 e. The first kappa shape index (κ1) is 51.6. The summed E-state index contributed by atoms with van der Waals surface area (Å²) in [4.78, 5) is 0. The van der Waals surface area contributed by atoms with Crippen LogP contribution in [-0.4, -0.2) is 71.1 Å². The molecular weight excluding hydrogens is 872 g/mol. The molecule has 0 saturated heterocycles. The van der Waals surface area contributed by atoms with Gasteiger partial charge in [-0.25, -0.2) is 4.67 Å². The molecular formula is C57H67N2O8P. The van der Waals surface area contributed by atoms with Gasteiger partial charge in [-0.2, -0.15) is 5.26 Å². The lowest BCUT2D eigenvalue weighted by Crippen LogP contribution is -2.38. The number of unbranched alkanes of at least 4 members (excludes halogenated alkanes) is 1. The molecule has 0 heterocycles. The van der Waals surface area contributed by atoms with Gasteiger partial charge in [-0.05, 0) is 129 Å². The second-order valence-electron chi connectivity index (χ2n) is 16.9. The smallest absolute Gasteiger partial charge is 0.259 e. The molecule has 6 aromatic carbocycles. The minimum absolute atomic E-state index is 0.113. The molecule has 68 heavy (non-hydrogen) atoms. The Balaban J connectivity index is 1.37. The summed E-state index contributed by atoms with van der Waals surface area (Å²) in [5, 5.41) is 9.54. The lowest BCUT2D eigenvalue weighted by atomic mass is 9.80. The number of nitriles is 1. The third-order valence-corrected chi connectivity index (χ3v) is 14.2. The van der Waals surface area contributed by atoms with Crippen LogP contribution in [0.2, 0.25) is 0 Å². The summed E-state index contributed by atoms with van der Waals surface area (Å²) in [6.45, 7) is 9.49. The molecule has 6 aromatic rings. The standard InChI is InChI=1S/C57H67N2O8P/c1-43(2)59(44(3)4)68(66-41-17-39-58)67-55(42-65-57(46-20-13-10-14-21-46,49-27-35-53(62-7)36-28-49)50-29-37-54(63-8)38-30-50)22-15-16-40-64-56(45-18-11-9-12-19-45,47-23-31-51(60-5)32-24-47)48-25-33-52(61-6)34-26-48/h9-14,18-21,23-38,43-44,55H,15-17,22,40-42H2,1-8H3. The van der Waals surface area contributed by atoms with Crippen LogP contribution in [0.15, 0.2) is 158 Å².